The largest absolute Gasteiger partial charge is 0.481 e. The first-order valence-corrected chi connectivity index (χ1v) is 4.61. The van der Waals surface area contributed by atoms with E-state index in [9.17, 15) is 0 Å². The Hall–Kier alpha value is -1.28. The molecule has 0 atom stereocenters. The summed E-state index contributed by atoms with van der Waals surface area (Å²) in [6, 6.07) is 0. The Morgan fingerprint density at radius 3 is 2.93 bits per heavy atom. The van der Waals surface area contributed by atoms with Gasteiger partial charge in [0.15, 0.2) is 0 Å². The molecule has 70 valence electrons. The first kappa shape index (κ1) is 9.29. The molecule has 0 aliphatic carbocycles. The summed E-state index contributed by atoms with van der Waals surface area (Å²) < 4.78 is 5.09. The van der Waals surface area contributed by atoms with Crippen molar-refractivity contribution in [2.45, 2.75) is 12.6 Å². The zero-order valence-electron chi connectivity index (χ0n) is 7.62. The number of hydrogen-bond acceptors (Lipinski definition) is 4. The number of ether oxygens (including phenoxy) is 1. The Kier molecular flexibility index (Phi) is 2.30. The Labute approximate surface area is 87.0 Å². The summed E-state index contributed by atoms with van der Waals surface area (Å²) in [6.45, 7) is -0.0216. The monoisotopic (exact) mass is 207 g/mol. The first-order valence-electron chi connectivity index (χ1n) is 4.23. The SMILES string of the molecule is COc1nc(Cl)nc2c1CB(C#N)C2. The molecule has 1 aliphatic rings. The van der Waals surface area contributed by atoms with E-state index in [-0.39, 0.29) is 12.0 Å². The van der Waals surface area contributed by atoms with Crippen molar-refractivity contribution >= 4 is 18.3 Å². The molecule has 1 aromatic heterocycles. The van der Waals surface area contributed by atoms with Crippen LogP contribution in [0, 0.1) is 11.2 Å². The quantitative estimate of drug-likeness (QED) is 0.506. The van der Waals surface area contributed by atoms with Crippen LogP contribution in [0.25, 0.3) is 0 Å². The molecule has 0 saturated heterocycles. The summed E-state index contributed by atoms with van der Waals surface area (Å²) >= 11 is 5.71. The van der Waals surface area contributed by atoms with Crippen molar-refractivity contribution in [2.75, 3.05) is 7.11 Å². The standard InChI is InChI=1S/C8H7BClN3O/c1-14-7-5-2-9(4-11)3-6(5)12-8(10)13-7/h2-3H2,1H3. The van der Waals surface area contributed by atoms with Crippen molar-refractivity contribution in [1.82, 2.24) is 9.97 Å². The van der Waals surface area contributed by atoms with Gasteiger partial charge in [0.25, 0.3) is 6.71 Å². The number of methoxy groups -OCH3 is 1. The van der Waals surface area contributed by atoms with Crippen molar-refractivity contribution in [1.29, 1.82) is 5.26 Å². The lowest BCUT2D eigenvalue weighted by atomic mass is 9.49. The second-order valence-electron chi connectivity index (χ2n) is 3.16. The van der Waals surface area contributed by atoms with Gasteiger partial charge in [0.2, 0.25) is 11.2 Å². The van der Waals surface area contributed by atoms with Crippen molar-refractivity contribution in [3.63, 3.8) is 0 Å². The fraction of sp³-hybridized carbons (Fsp3) is 0.375. The summed E-state index contributed by atoms with van der Waals surface area (Å²) in [4.78, 5) is 8.04. The van der Waals surface area contributed by atoms with Crippen LogP contribution in [-0.2, 0) is 12.6 Å². The highest BCUT2D eigenvalue weighted by atomic mass is 35.5. The van der Waals surface area contributed by atoms with Gasteiger partial charge in [-0.2, -0.15) is 4.98 Å². The topological polar surface area (TPSA) is 58.8 Å². The lowest BCUT2D eigenvalue weighted by Gasteiger charge is -2.04. The molecule has 6 heteroatoms. The van der Waals surface area contributed by atoms with Gasteiger partial charge in [-0.05, 0) is 24.2 Å². The van der Waals surface area contributed by atoms with Gasteiger partial charge in [-0.15, -0.1) is 0 Å². The van der Waals surface area contributed by atoms with E-state index in [0.29, 0.717) is 18.5 Å². The molecule has 0 N–H and O–H groups in total. The molecule has 2 rings (SSSR count). The fourth-order valence-corrected chi connectivity index (χ4v) is 1.84. The van der Waals surface area contributed by atoms with Crippen molar-refractivity contribution in [3.05, 3.63) is 16.5 Å². The molecule has 1 aromatic rings. The minimum Gasteiger partial charge on any atom is -0.481 e. The van der Waals surface area contributed by atoms with Gasteiger partial charge >= 0.3 is 0 Å². The van der Waals surface area contributed by atoms with Crippen LogP contribution < -0.4 is 4.74 Å². The molecular formula is C8H7BClN3O. The minimum absolute atomic E-state index is 0.0216. The zero-order valence-corrected chi connectivity index (χ0v) is 8.38. The maximum Gasteiger partial charge on any atom is 0.278 e. The summed E-state index contributed by atoms with van der Waals surface area (Å²) in [6.07, 6.45) is 1.30. The van der Waals surface area contributed by atoms with Crippen LogP contribution in [0.1, 0.15) is 11.3 Å². The van der Waals surface area contributed by atoms with Crippen molar-refractivity contribution < 1.29 is 4.74 Å². The van der Waals surface area contributed by atoms with Crippen LogP contribution in [0.4, 0.5) is 0 Å². The molecule has 0 fully saturated rings. The third-order valence-electron chi connectivity index (χ3n) is 2.29. The van der Waals surface area contributed by atoms with Gasteiger partial charge in [-0.3, -0.25) is 0 Å². The highest BCUT2D eigenvalue weighted by molar-refractivity contribution is 6.67. The smallest absolute Gasteiger partial charge is 0.278 e. The maximum atomic E-state index is 8.80. The van der Waals surface area contributed by atoms with Crippen LogP contribution in [0.15, 0.2) is 0 Å². The number of hydrogen-bond donors (Lipinski definition) is 0. The maximum absolute atomic E-state index is 8.80. The molecule has 0 amide bonds. The number of nitriles is 1. The molecule has 2 heterocycles. The van der Waals surface area contributed by atoms with E-state index in [0.717, 1.165) is 11.3 Å². The summed E-state index contributed by atoms with van der Waals surface area (Å²) in [5, 5.41) is 8.98. The van der Waals surface area contributed by atoms with Gasteiger partial charge in [-0.25, -0.2) is 10.2 Å². The average molecular weight is 207 g/mol. The second-order valence-corrected chi connectivity index (χ2v) is 3.50. The Morgan fingerprint density at radius 2 is 2.29 bits per heavy atom. The molecule has 0 bridgehead atoms. The fourth-order valence-electron chi connectivity index (χ4n) is 1.66. The van der Waals surface area contributed by atoms with E-state index < -0.39 is 0 Å². The first-order chi connectivity index (χ1) is 6.74. The molecule has 1 aliphatic heterocycles. The third kappa shape index (κ3) is 1.42. The third-order valence-corrected chi connectivity index (χ3v) is 2.46. The molecule has 4 nitrogen and oxygen atoms in total. The van der Waals surface area contributed by atoms with Crippen molar-refractivity contribution in [3.8, 4) is 11.8 Å². The molecule has 0 saturated carbocycles. The molecule has 0 spiro atoms. The van der Waals surface area contributed by atoms with Gasteiger partial charge in [0.1, 0.15) is 0 Å². The summed E-state index contributed by atoms with van der Waals surface area (Å²) in [5.74, 6) is 2.71. The predicted octanol–water partition coefficient (Wildman–Crippen LogP) is 0.873. The number of nitrogens with zero attached hydrogens (tertiary/aromatic N) is 3. The van der Waals surface area contributed by atoms with Crippen LogP contribution in [0.5, 0.6) is 5.88 Å². The number of fused-ring (bicyclic) bond motifs is 1. The van der Waals surface area contributed by atoms with E-state index in [1.807, 2.05) is 0 Å². The summed E-state index contributed by atoms with van der Waals surface area (Å²) in [7, 11) is 1.54. The lowest BCUT2D eigenvalue weighted by molar-refractivity contribution is 0.392. The van der Waals surface area contributed by atoms with Crippen molar-refractivity contribution in [2.24, 2.45) is 0 Å². The van der Waals surface area contributed by atoms with E-state index >= 15 is 0 Å². The Balaban J connectivity index is 2.46. The highest BCUT2D eigenvalue weighted by Gasteiger charge is 2.30. The number of aromatic nitrogens is 2. The molecule has 0 unspecified atom stereocenters. The lowest BCUT2D eigenvalue weighted by Crippen LogP contribution is -2.10. The van der Waals surface area contributed by atoms with Gasteiger partial charge in [0, 0.05) is 17.2 Å². The minimum atomic E-state index is -0.0216. The van der Waals surface area contributed by atoms with Crippen LogP contribution in [0.3, 0.4) is 0 Å². The highest BCUT2D eigenvalue weighted by Crippen LogP contribution is 2.28. The number of halogens is 1. The Morgan fingerprint density at radius 1 is 1.50 bits per heavy atom. The average Bonchev–Trinajstić information content (AvgIpc) is 2.59. The molecule has 0 radical (unpaired) electrons. The van der Waals surface area contributed by atoms with Crippen LogP contribution in [-0.4, -0.2) is 23.8 Å². The van der Waals surface area contributed by atoms with Crippen LogP contribution in [0.2, 0.25) is 5.28 Å². The molecule has 0 aromatic carbocycles. The second kappa shape index (κ2) is 3.47. The zero-order chi connectivity index (χ0) is 10.1. The van der Waals surface area contributed by atoms with E-state index in [1.165, 1.54) is 0 Å². The van der Waals surface area contributed by atoms with Gasteiger partial charge < -0.3 is 4.74 Å². The summed E-state index contributed by atoms with van der Waals surface area (Å²) in [5.41, 5.74) is 1.76. The number of rotatable bonds is 1. The van der Waals surface area contributed by atoms with Crippen LogP contribution >= 0.6 is 11.6 Å². The van der Waals surface area contributed by atoms with E-state index in [4.69, 9.17) is 21.6 Å². The van der Waals surface area contributed by atoms with E-state index in [1.54, 1.807) is 7.11 Å². The normalized spacial score (nSPS) is 13.6. The Bertz CT molecular complexity index is 418. The van der Waals surface area contributed by atoms with Gasteiger partial charge in [0.05, 0.1) is 7.11 Å². The van der Waals surface area contributed by atoms with E-state index in [2.05, 4.69) is 15.9 Å². The van der Waals surface area contributed by atoms with Gasteiger partial charge in [-0.1, -0.05) is 0 Å². The molecular weight excluding hydrogens is 200 g/mol. The molecule has 14 heavy (non-hydrogen) atoms. The predicted molar refractivity (Wildman–Crippen MR) is 52.4 cm³/mol.